The van der Waals surface area contributed by atoms with Gasteiger partial charge in [0.1, 0.15) is 0 Å². The van der Waals surface area contributed by atoms with E-state index in [1.54, 1.807) is 0 Å². The first-order chi connectivity index (χ1) is 14.2. The summed E-state index contributed by atoms with van der Waals surface area (Å²) in [5, 5.41) is 8.83. The molecule has 30 heavy (non-hydrogen) atoms. The van der Waals surface area contributed by atoms with Crippen molar-refractivity contribution in [2.24, 2.45) is 0 Å². The van der Waals surface area contributed by atoms with Gasteiger partial charge >= 0.3 is 0 Å². The third kappa shape index (κ3) is 4.53. The molecule has 0 radical (unpaired) electrons. The van der Waals surface area contributed by atoms with Crippen LogP contribution in [-0.4, -0.2) is 35.6 Å². The Balaban J connectivity index is 0.00000256. The van der Waals surface area contributed by atoms with Crippen LogP contribution in [0.15, 0.2) is 60.7 Å². The van der Waals surface area contributed by atoms with Crippen molar-refractivity contribution in [3.05, 3.63) is 60.7 Å². The lowest BCUT2D eigenvalue weighted by Crippen LogP contribution is -2.25. The normalized spacial score (nSPS) is 12.4. The van der Waals surface area contributed by atoms with E-state index < -0.39 is 0 Å². The monoisotopic (exact) mass is 421 g/mol. The summed E-state index contributed by atoms with van der Waals surface area (Å²) in [6.07, 6.45) is 2.36. The molecule has 3 aromatic carbocycles. The number of rotatable bonds is 8. The molecule has 4 aromatic rings. The Kier molecular flexibility index (Phi) is 7.52. The van der Waals surface area contributed by atoms with Gasteiger partial charge in [0.05, 0.1) is 16.7 Å². The number of para-hydroxylation sites is 1. The van der Waals surface area contributed by atoms with E-state index in [1.165, 1.54) is 40.2 Å². The molecule has 0 fully saturated rings. The summed E-state index contributed by atoms with van der Waals surface area (Å²) in [5.41, 5.74) is 3.33. The zero-order valence-corrected chi connectivity index (χ0v) is 19.0. The van der Waals surface area contributed by atoms with Crippen LogP contribution < -0.4 is 5.32 Å². The molecule has 4 rings (SSSR count). The predicted molar refractivity (Wildman–Crippen MR) is 134 cm³/mol. The van der Waals surface area contributed by atoms with E-state index in [0.29, 0.717) is 6.04 Å². The maximum absolute atomic E-state index is 4.96. The average Bonchev–Trinajstić information content (AvgIpc) is 2.76. The minimum Gasteiger partial charge on any atom is -0.381 e. The second-order valence-electron chi connectivity index (χ2n) is 7.90. The highest BCUT2D eigenvalue weighted by atomic mass is 35.5. The highest BCUT2D eigenvalue weighted by molar-refractivity contribution is 6.18. The molecule has 1 heterocycles. The lowest BCUT2D eigenvalue weighted by Gasteiger charge is -2.22. The van der Waals surface area contributed by atoms with Crippen molar-refractivity contribution in [2.75, 3.05) is 25.0 Å². The molecule has 158 valence electrons. The summed E-state index contributed by atoms with van der Waals surface area (Å²) in [5.74, 6) is 0. The van der Waals surface area contributed by atoms with Crippen LogP contribution in [0.5, 0.6) is 0 Å². The maximum Gasteiger partial charge on any atom is 0.0737 e. The number of nitrogens with zero attached hydrogens (tertiary/aromatic N) is 2. The number of nitrogens with one attached hydrogen (secondary N) is 1. The van der Waals surface area contributed by atoms with Crippen LogP contribution >= 0.6 is 12.4 Å². The van der Waals surface area contributed by atoms with Crippen molar-refractivity contribution in [1.29, 1.82) is 0 Å². The number of pyridine rings is 1. The van der Waals surface area contributed by atoms with E-state index in [9.17, 15) is 0 Å². The van der Waals surface area contributed by atoms with Crippen molar-refractivity contribution >= 4 is 50.7 Å². The van der Waals surface area contributed by atoms with Crippen molar-refractivity contribution in [2.45, 2.75) is 39.7 Å². The number of anilines is 1. The van der Waals surface area contributed by atoms with Crippen LogP contribution in [0.25, 0.3) is 32.6 Å². The molecular formula is C26H32ClN3. The van der Waals surface area contributed by atoms with Gasteiger partial charge in [-0.2, -0.15) is 0 Å². The Morgan fingerprint density at radius 1 is 0.867 bits per heavy atom. The van der Waals surface area contributed by atoms with Crippen LogP contribution in [0.2, 0.25) is 0 Å². The molecule has 3 nitrogen and oxygen atoms in total. The van der Waals surface area contributed by atoms with E-state index >= 15 is 0 Å². The van der Waals surface area contributed by atoms with Gasteiger partial charge in [-0.25, -0.2) is 4.98 Å². The second kappa shape index (κ2) is 10.1. The number of halogens is 1. The molecule has 1 unspecified atom stereocenters. The van der Waals surface area contributed by atoms with Crippen molar-refractivity contribution in [1.82, 2.24) is 9.88 Å². The van der Waals surface area contributed by atoms with Gasteiger partial charge < -0.3 is 10.2 Å². The van der Waals surface area contributed by atoms with Gasteiger partial charge in [0.15, 0.2) is 0 Å². The zero-order valence-electron chi connectivity index (χ0n) is 18.2. The Hall–Kier alpha value is -2.36. The summed E-state index contributed by atoms with van der Waals surface area (Å²) in [6, 6.07) is 21.8. The predicted octanol–water partition coefficient (Wildman–Crippen LogP) is 6.89. The molecule has 0 aliphatic rings. The smallest absolute Gasteiger partial charge is 0.0737 e. The molecular weight excluding hydrogens is 390 g/mol. The molecule has 4 heteroatoms. The number of hydrogen-bond acceptors (Lipinski definition) is 3. The molecule has 0 spiro atoms. The number of benzene rings is 3. The second-order valence-corrected chi connectivity index (χ2v) is 7.90. The molecule has 0 aliphatic heterocycles. The van der Waals surface area contributed by atoms with Gasteiger partial charge in [0, 0.05) is 16.8 Å². The van der Waals surface area contributed by atoms with Gasteiger partial charge in [-0.15, -0.1) is 12.4 Å². The van der Waals surface area contributed by atoms with Crippen LogP contribution in [0.3, 0.4) is 0 Å². The van der Waals surface area contributed by atoms with Crippen molar-refractivity contribution in [3.8, 4) is 0 Å². The minimum absolute atomic E-state index is 0. The first kappa shape index (κ1) is 22.3. The highest BCUT2D eigenvalue weighted by Crippen LogP contribution is 2.36. The number of aromatic nitrogens is 1. The topological polar surface area (TPSA) is 28.2 Å². The fourth-order valence-electron chi connectivity index (χ4n) is 4.29. The average molecular weight is 422 g/mol. The molecule has 1 N–H and O–H groups in total. The van der Waals surface area contributed by atoms with Gasteiger partial charge in [-0.3, -0.25) is 0 Å². The lowest BCUT2D eigenvalue weighted by atomic mass is 10.00. The van der Waals surface area contributed by atoms with Crippen LogP contribution in [-0.2, 0) is 0 Å². The Morgan fingerprint density at radius 2 is 1.57 bits per heavy atom. The molecule has 1 aromatic heterocycles. The molecule has 1 atom stereocenters. The Morgan fingerprint density at radius 3 is 2.33 bits per heavy atom. The van der Waals surface area contributed by atoms with Crippen molar-refractivity contribution < 1.29 is 0 Å². The first-order valence-electron chi connectivity index (χ1n) is 10.9. The molecule has 0 saturated carbocycles. The minimum atomic E-state index is 0. The van der Waals surface area contributed by atoms with Gasteiger partial charge in [-0.1, -0.05) is 62.4 Å². The lowest BCUT2D eigenvalue weighted by molar-refractivity contribution is 0.295. The Bertz CT molecular complexity index is 1120. The van der Waals surface area contributed by atoms with E-state index in [2.05, 4.69) is 91.7 Å². The maximum atomic E-state index is 4.96. The quantitative estimate of drug-likeness (QED) is 0.248. The standard InChI is InChI=1S/C26H31N3.ClH/c1-4-29(5-2)18-10-11-19(3)27-26-22-14-8-9-15-23(22)28-24-17-16-20-12-6-7-13-21(20)25(24)26;/h6-9,12-17,19H,4-5,10-11,18H2,1-3H3,(H,27,28);1H. The van der Waals surface area contributed by atoms with Crippen molar-refractivity contribution in [3.63, 3.8) is 0 Å². The third-order valence-corrected chi connectivity index (χ3v) is 5.97. The fourth-order valence-corrected chi connectivity index (χ4v) is 4.29. The molecule has 0 aliphatic carbocycles. The van der Waals surface area contributed by atoms with E-state index in [4.69, 9.17) is 4.98 Å². The van der Waals surface area contributed by atoms with Crippen LogP contribution in [0.4, 0.5) is 5.69 Å². The summed E-state index contributed by atoms with van der Waals surface area (Å²) in [6.45, 7) is 10.2. The van der Waals surface area contributed by atoms with Crippen LogP contribution in [0.1, 0.15) is 33.6 Å². The summed E-state index contributed by atoms with van der Waals surface area (Å²) < 4.78 is 0. The first-order valence-corrected chi connectivity index (χ1v) is 10.9. The van der Waals surface area contributed by atoms with E-state index in [1.807, 2.05) is 0 Å². The molecule has 0 bridgehead atoms. The Labute approximate surface area is 185 Å². The van der Waals surface area contributed by atoms with Gasteiger partial charge in [-0.05, 0) is 62.3 Å². The van der Waals surface area contributed by atoms with E-state index in [-0.39, 0.29) is 12.4 Å². The SMILES string of the molecule is CCN(CC)CCCC(C)Nc1c2ccccc2nc2ccc3ccccc3c12.Cl. The summed E-state index contributed by atoms with van der Waals surface area (Å²) >= 11 is 0. The summed E-state index contributed by atoms with van der Waals surface area (Å²) in [7, 11) is 0. The van der Waals surface area contributed by atoms with Gasteiger partial charge in [0.25, 0.3) is 0 Å². The fraction of sp³-hybridized carbons (Fsp3) is 0.346. The highest BCUT2D eigenvalue weighted by Gasteiger charge is 2.14. The number of hydrogen-bond donors (Lipinski definition) is 1. The molecule has 0 saturated heterocycles. The van der Waals surface area contributed by atoms with Crippen LogP contribution in [0, 0.1) is 0 Å². The van der Waals surface area contributed by atoms with Gasteiger partial charge in [0.2, 0.25) is 0 Å². The third-order valence-electron chi connectivity index (χ3n) is 5.97. The zero-order chi connectivity index (χ0) is 20.2. The largest absolute Gasteiger partial charge is 0.381 e. The summed E-state index contributed by atoms with van der Waals surface area (Å²) in [4.78, 5) is 7.45. The molecule has 0 amide bonds. The number of fused-ring (bicyclic) bond motifs is 4. The van der Waals surface area contributed by atoms with E-state index in [0.717, 1.165) is 30.5 Å².